The summed E-state index contributed by atoms with van der Waals surface area (Å²) in [5.74, 6) is -1.05. The molecule has 2 aromatic carbocycles. The summed E-state index contributed by atoms with van der Waals surface area (Å²) in [4.78, 5) is 12.3. The zero-order valence-electron chi connectivity index (χ0n) is 15.5. The number of rotatable bonds is 8. The second-order valence-corrected chi connectivity index (χ2v) is 6.40. The van der Waals surface area contributed by atoms with Crippen LogP contribution in [0.2, 0.25) is 0 Å². The van der Waals surface area contributed by atoms with Crippen LogP contribution in [0, 0.1) is 0 Å². The summed E-state index contributed by atoms with van der Waals surface area (Å²) in [5, 5.41) is 10.7. The second-order valence-electron chi connectivity index (χ2n) is 6.40. The Morgan fingerprint density at radius 1 is 1.07 bits per heavy atom. The molecule has 140 valence electrons. The molecular weight excluding hydrogens is 350 g/mol. The predicted octanol–water partition coefficient (Wildman–Crippen LogP) is 0.108. The maximum Gasteiger partial charge on any atom is 1.00 e. The monoisotopic (exact) mass is 371 g/mol. The van der Waals surface area contributed by atoms with E-state index < -0.39 is 17.7 Å². The molecule has 0 saturated carbocycles. The first-order valence-electron chi connectivity index (χ1n) is 8.35. The molecule has 0 heterocycles. The van der Waals surface area contributed by atoms with Crippen LogP contribution in [0.1, 0.15) is 29.0 Å². The summed E-state index contributed by atoms with van der Waals surface area (Å²) in [5.41, 5.74) is 1.23. The molecule has 0 saturated heterocycles. The Bertz CT molecular complexity index is 705. The number of carbonyl (C=O) groups excluding carboxylic acids is 1. The van der Waals surface area contributed by atoms with Crippen LogP contribution < -0.4 is 24.0 Å². The Hall–Kier alpha value is -1.74. The number of aliphatic carboxylic acids is 1. The number of nitrogens with zero attached hydrogens (tertiary/aromatic N) is 1. The van der Waals surface area contributed by atoms with Gasteiger partial charge in [0, 0.05) is 6.54 Å². The minimum atomic E-state index is -4.34. The van der Waals surface area contributed by atoms with Crippen LogP contribution in [0.15, 0.2) is 54.6 Å². The first-order chi connectivity index (χ1) is 12.3. The second kappa shape index (κ2) is 10.6. The third-order valence-electron chi connectivity index (χ3n) is 4.29. The quantitative estimate of drug-likeness (QED) is 0.619. The van der Waals surface area contributed by atoms with Crippen molar-refractivity contribution in [3.63, 3.8) is 0 Å². The number of carboxylic acids is 1. The first-order valence-corrected chi connectivity index (χ1v) is 8.35. The van der Waals surface area contributed by atoms with Crippen molar-refractivity contribution in [3.8, 4) is 0 Å². The van der Waals surface area contributed by atoms with Crippen LogP contribution in [0.5, 0.6) is 0 Å². The van der Waals surface area contributed by atoms with E-state index in [0.717, 1.165) is 23.3 Å². The van der Waals surface area contributed by atoms with Crippen LogP contribution in [-0.2, 0) is 17.4 Å². The van der Waals surface area contributed by atoms with Crippen molar-refractivity contribution in [1.82, 2.24) is 4.90 Å². The van der Waals surface area contributed by atoms with E-state index >= 15 is 0 Å². The predicted molar refractivity (Wildman–Crippen MR) is 91.5 cm³/mol. The Balaban J connectivity index is 0.00000364. The van der Waals surface area contributed by atoms with E-state index in [1.807, 2.05) is 30.3 Å². The van der Waals surface area contributed by atoms with E-state index in [1.165, 1.54) is 12.1 Å². The van der Waals surface area contributed by atoms with Gasteiger partial charge in [-0.1, -0.05) is 42.5 Å². The smallest absolute Gasteiger partial charge is 0.549 e. The Morgan fingerprint density at radius 3 is 2.19 bits per heavy atom. The van der Waals surface area contributed by atoms with Gasteiger partial charge in [0.2, 0.25) is 0 Å². The van der Waals surface area contributed by atoms with Gasteiger partial charge in [0.25, 0.3) is 0 Å². The zero-order valence-corrected chi connectivity index (χ0v) is 15.5. The average Bonchev–Trinajstić information content (AvgIpc) is 2.58. The van der Waals surface area contributed by atoms with Gasteiger partial charge in [0.1, 0.15) is 0 Å². The summed E-state index contributed by atoms with van der Waals surface area (Å²) >= 11 is 0. The van der Waals surface area contributed by atoms with E-state index in [1.54, 1.807) is 11.9 Å². The van der Waals surface area contributed by atoms with Crippen LogP contribution in [0.3, 0.4) is 0 Å². The topological polar surface area (TPSA) is 43.4 Å². The molecule has 0 aliphatic heterocycles. The molecule has 7 heteroatoms. The Labute approximate surface area is 169 Å². The number of benzene rings is 2. The van der Waals surface area contributed by atoms with Crippen LogP contribution in [0.25, 0.3) is 0 Å². The largest absolute Gasteiger partial charge is 1.00 e. The summed E-state index contributed by atoms with van der Waals surface area (Å²) in [6.45, 7) is 0.399. The molecule has 3 nitrogen and oxygen atoms in total. The van der Waals surface area contributed by atoms with Crippen molar-refractivity contribution in [2.75, 3.05) is 20.1 Å². The SMILES string of the molecule is CN(CCC(Cc1ccc(C(F)(F)F)cc1)c1ccccc1)CC(=O)[O-].[Li+]. The maximum atomic E-state index is 12.7. The van der Waals surface area contributed by atoms with Crippen molar-refractivity contribution < 1.29 is 41.9 Å². The Morgan fingerprint density at radius 2 is 1.67 bits per heavy atom. The molecule has 0 N–H and O–H groups in total. The summed E-state index contributed by atoms with van der Waals surface area (Å²) < 4.78 is 38.1. The van der Waals surface area contributed by atoms with Gasteiger partial charge in [-0.2, -0.15) is 13.2 Å². The fourth-order valence-electron chi connectivity index (χ4n) is 2.90. The molecule has 1 unspecified atom stereocenters. The fraction of sp³-hybridized carbons (Fsp3) is 0.350. The average molecular weight is 371 g/mol. The normalized spacial score (nSPS) is 12.5. The molecule has 0 spiro atoms. The minimum absolute atomic E-state index is 0. The van der Waals surface area contributed by atoms with Crippen LogP contribution >= 0.6 is 0 Å². The molecule has 27 heavy (non-hydrogen) atoms. The summed E-state index contributed by atoms with van der Waals surface area (Å²) in [6, 6.07) is 14.9. The van der Waals surface area contributed by atoms with Crippen molar-refractivity contribution >= 4 is 5.97 Å². The number of hydrogen-bond acceptors (Lipinski definition) is 3. The molecule has 0 bridgehead atoms. The third-order valence-corrected chi connectivity index (χ3v) is 4.29. The van der Waals surface area contributed by atoms with Gasteiger partial charge in [-0.15, -0.1) is 0 Å². The molecule has 0 aliphatic carbocycles. The number of likely N-dealkylation sites (N-methyl/N-ethyl adjacent to an activating group) is 1. The summed E-state index contributed by atoms with van der Waals surface area (Å²) in [7, 11) is 1.70. The molecule has 2 rings (SSSR count). The molecule has 2 aromatic rings. The van der Waals surface area contributed by atoms with Crippen molar-refractivity contribution in [2.24, 2.45) is 0 Å². The van der Waals surface area contributed by atoms with Gasteiger partial charge >= 0.3 is 25.0 Å². The van der Waals surface area contributed by atoms with E-state index in [9.17, 15) is 23.1 Å². The van der Waals surface area contributed by atoms with Crippen LogP contribution in [0.4, 0.5) is 13.2 Å². The number of halogens is 3. The fourth-order valence-corrected chi connectivity index (χ4v) is 2.90. The van der Waals surface area contributed by atoms with Gasteiger partial charge in [0.05, 0.1) is 11.5 Å². The van der Waals surface area contributed by atoms with Crippen molar-refractivity contribution in [2.45, 2.75) is 24.9 Å². The first kappa shape index (κ1) is 23.3. The third kappa shape index (κ3) is 7.80. The van der Waals surface area contributed by atoms with E-state index in [0.29, 0.717) is 19.4 Å². The standard InChI is InChI=1S/C20H22F3NO2.Li/c1-24(14-19(25)26)12-11-17(16-5-3-2-4-6-16)13-15-7-9-18(10-8-15)20(21,22)23;/h2-10,17H,11-14H2,1H3,(H,25,26);/q;+1/p-1. The van der Waals surface area contributed by atoms with E-state index in [4.69, 9.17) is 0 Å². The maximum absolute atomic E-state index is 12.7. The van der Waals surface area contributed by atoms with Gasteiger partial charge in [0.15, 0.2) is 0 Å². The molecule has 0 aromatic heterocycles. The minimum Gasteiger partial charge on any atom is -0.549 e. The van der Waals surface area contributed by atoms with E-state index in [-0.39, 0.29) is 31.3 Å². The summed E-state index contributed by atoms with van der Waals surface area (Å²) in [6.07, 6.45) is -3.07. The van der Waals surface area contributed by atoms with Crippen LogP contribution in [-0.4, -0.2) is 31.0 Å². The number of carboxylic acid groups (broad SMARTS) is 1. The number of alkyl halides is 3. The van der Waals surface area contributed by atoms with Gasteiger partial charge in [-0.25, -0.2) is 0 Å². The molecule has 0 fully saturated rings. The molecule has 0 radical (unpaired) electrons. The van der Waals surface area contributed by atoms with Crippen molar-refractivity contribution in [3.05, 3.63) is 71.3 Å². The zero-order chi connectivity index (χ0) is 19.2. The number of hydrogen-bond donors (Lipinski definition) is 0. The Kier molecular flexibility index (Phi) is 9.11. The molecule has 0 amide bonds. The number of carbonyl (C=O) groups is 1. The molecule has 1 atom stereocenters. The van der Waals surface area contributed by atoms with Gasteiger partial charge in [-0.05, 0) is 55.6 Å². The molecule has 0 aliphatic rings. The van der Waals surface area contributed by atoms with E-state index in [2.05, 4.69) is 0 Å². The van der Waals surface area contributed by atoms with Gasteiger partial charge in [-0.3, -0.25) is 0 Å². The van der Waals surface area contributed by atoms with Crippen molar-refractivity contribution in [1.29, 1.82) is 0 Å². The van der Waals surface area contributed by atoms with Gasteiger partial charge < -0.3 is 14.8 Å². The molecular formula is C20H21F3LiNO2.